The van der Waals surface area contributed by atoms with Gasteiger partial charge in [-0.3, -0.25) is 14.5 Å². The molecule has 0 saturated carbocycles. The molecule has 4 rings (SSSR count). The van der Waals surface area contributed by atoms with Crippen LogP contribution in [0.2, 0.25) is 18.1 Å². The van der Waals surface area contributed by atoms with E-state index in [1.54, 1.807) is 61.9 Å². The third kappa shape index (κ3) is 11.3. The van der Waals surface area contributed by atoms with E-state index in [4.69, 9.17) is 18.6 Å². The lowest BCUT2D eigenvalue weighted by Gasteiger charge is -2.45. The SMILES string of the molecule is CCCO[C@@H]1C[C@H]([C@@H](O[Si](C)(C)C(C)(C)C)[C@H](Cc2cc(F)cc(F)c2)NC(=O)c2cccc(C(=O)N3CCCC3COC)c2)N(C(=O)OC(C)(C)C)C1. The number of nitrogens with one attached hydrogen (secondary N) is 1. The van der Waals surface area contributed by atoms with Gasteiger partial charge in [-0.1, -0.05) is 33.8 Å². The molecule has 54 heavy (non-hydrogen) atoms. The minimum Gasteiger partial charge on any atom is -0.444 e. The van der Waals surface area contributed by atoms with Gasteiger partial charge in [-0.25, -0.2) is 13.6 Å². The smallest absolute Gasteiger partial charge is 0.410 e. The predicted molar refractivity (Wildman–Crippen MR) is 207 cm³/mol. The molecule has 2 aromatic carbocycles. The molecule has 13 heteroatoms. The number of likely N-dealkylation sites (tertiary alicyclic amines) is 2. The maximum atomic E-state index is 14.7. The highest BCUT2D eigenvalue weighted by Gasteiger charge is 2.49. The van der Waals surface area contributed by atoms with Gasteiger partial charge in [0, 0.05) is 37.5 Å². The molecule has 2 fully saturated rings. The van der Waals surface area contributed by atoms with Crippen molar-refractivity contribution in [3.05, 3.63) is 70.8 Å². The van der Waals surface area contributed by atoms with Crippen LogP contribution >= 0.6 is 0 Å². The molecule has 3 amide bonds. The van der Waals surface area contributed by atoms with Gasteiger partial charge in [0.25, 0.3) is 11.8 Å². The average Bonchev–Trinajstić information content (AvgIpc) is 3.71. The summed E-state index contributed by atoms with van der Waals surface area (Å²) in [6.07, 6.45) is 1.16. The number of carbonyl (C=O) groups excluding carboxylic acids is 3. The Balaban J connectivity index is 1.79. The Hall–Kier alpha value is -3.39. The Kier molecular flexibility index (Phi) is 14.5. The quantitative estimate of drug-likeness (QED) is 0.196. The van der Waals surface area contributed by atoms with Crippen LogP contribution in [0.25, 0.3) is 0 Å². The monoisotopic (exact) mass is 773 g/mol. The Bertz CT molecular complexity index is 1590. The number of hydrogen-bond acceptors (Lipinski definition) is 7. The minimum atomic E-state index is -2.66. The van der Waals surface area contributed by atoms with Crippen LogP contribution < -0.4 is 5.32 Å². The lowest BCUT2D eigenvalue weighted by atomic mass is 9.94. The van der Waals surface area contributed by atoms with Crippen molar-refractivity contribution in [2.24, 2.45) is 0 Å². The summed E-state index contributed by atoms with van der Waals surface area (Å²) in [6, 6.07) is 8.28. The lowest BCUT2D eigenvalue weighted by molar-refractivity contribution is 0.000337. The van der Waals surface area contributed by atoms with Gasteiger partial charge in [0.15, 0.2) is 8.32 Å². The molecule has 0 bridgehead atoms. The fourth-order valence-corrected chi connectivity index (χ4v) is 8.29. The van der Waals surface area contributed by atoms with E-state index in [1.807, 2.05) is 6.92 Å². The second kappa shape index (κ2) is 18.0. The van der Waals surface area contributed by atoms with Crippen LogP contribution in [0.5, 0.6) is 0 Å². The van der Waals surface area contributed by atoms with Crippen molar-refractivity contribution in [1.29, 1.82) is 0 Å². The summed E-state index contributed by atoms with van der Waals surface area (Å²) < 4.78 is 54.0. The molecule has 5 atom stereocenters. The van der Waals surface area contributed by atoms with Crippen molar-refractivity contribution in [3.8, 4) is 0 Å². The van der Waals surface area contributed by atoms with Crippen LogP contribution in [0.1, 0.15) is 100 Å². The van der Waals surface area contributed by atoms with E-state index in [0.29, 0.717) is 37.3 Å². The van der Waals surface area contributed by atoms with Gasteiger partial charge in [0.1, 0.15) is 17.2 Å². The van der Waals surface area contributed by atoms with Crippen LogP contribution in [-0.2, 0) is 25.1 Å². The molecule has 10 nitrogen and oxygen atoms in total. The Morgan fingerprint density at radius 2 is 1.65 bits per heavy atom. The van der Waals surface area contributed by atoms with E-state index in [0.717, 1.165) is 25.3 Å². The molecule has 1 N–H and O–H groups in total. The molecule has 0 radical (unpaired) electrons. The first-order chi connectivity index (χ1) is 25.2. The molecular formula is C41H61F2N3O7Si. The largest absolute Gasteiger partial charge is 0.444 e. The summed E-state index contributed by atoms with van der Waals surface area (Å²) in [5, 5.41) is 2.88. The zero-order valence-electron chi connectivity index (χ0n) is 33.8. The first-order valence-corrected chi connectivity index (χ1v) is 22.1. The fourth-order valence-electron chi connectivity index (χ4n) is 6.93. The fraction of sp³-hybridized carbons (Fsp3) is 0.634. The molecule has 2 aliphatic heterocycles. The maximum absolute atomic E-state index is 14.7. The van der Waals surface area contributed by atoms with Crippen molar-refractivity contribution < 1.29 is 41.8 Å². The molecule has 0 aromatic heterocycles. The summed E-state index contributed by atoms with van der Waals surface area (Å²) >= 11 is 0. The number of halogens is 2. The summed E-state index contributed by atoms with van der Waals surface area (Å²) in [7, 11) is -1.05. The van der Waals surface area contributed by atoms with E-state index in [1.165, 1.54) is 12.1 Å². The molecular weight excluding hydrogens is 713 g/mol. The van der Waals surface area contributed by atoms with Gasteiger partial charge in [-0.2, -0.15) is 0 Å². The Labute approximate surface area is 321 Å². The summed E-state index contributed by atoms with van der Waals surface area (Å²) in [6.45, 7) is 19.6. The number of methoxy groups -OCH3 is 1. The number of hydrogen-bond donors (Lipinski definition) is 1. The predicted octanol–water partition coefficient (Wildman–Crippen LogP) is 7.75. The van der Waals surface area contributed by atoms with Gasteiger partial charge in [0.05, 0.1) is 43.5 Å². The second-order valence-corrected chi connectivity index (χ2v) is 21.9. The zero-order valence-corrected chi connectivity index (χ0v) is 34.8. The van der Waals surface area contributed by atoms with Crippen molar-refractivity contribution >= 4 is 26.2 Å². The number of benzene rings is 2. The first-order valence-electron chi connectivity index (χ1n) is 19.2. The standard InChI is InChI=1S/C41H61F2N3O7Si/c1-11-18-51-33-24-35(46(25-33)39(49)52-40(2,3)4)36(53-54(9,10)41(5,6)7)34(21-27-19-30(42)23-31(43)20-27)44-37(47)28-14-12-15-29(22-28)38(48)45-17-13-16-32(45)26-50-8/h12,14-15,19-20,22-23,32-36H,11,13,16-18,21,24-26H2,1-10H3,(H,44,47)/t32?,33-,34+,35-,36+/m1/s1. The molecule has 0 spiro atoms. The number of ether oxygens (including phenoxy) is 3. The second-order valence-electron chi connectivity index (χ2n) is 17.2. The molecule has 2 saturated heterocycles. The first kappa shape index (κ1) is 43.3. The lowest BCUT2D eigenvalue weighted by Crippen LogP contribution is -2.60. The van der Waals surface area contributed by atoms with E-state index < -0.39 is 55.7 Å². The van der Waals surface area contributed by atoms with Gasteiger partial charge < -0.3 is 28.9 Å². The van der Waals surface area contributed by atoms with Crippen molar-refractivity contribution in [1.82, 2.24) is 15.1 Å². The van der Waals surface area contributed by atoms with Gasteiger partial charge in [-0.05, 0) is 107 Å². The highest BCUT2D eigenvalue weighted by Crippen LogP contribution is 2.40. The van der Waals surface area contributed by atoms with E-state index in [-0.39, 0.29) is 41.6 Å². The molecule has 2 aromatic rings. The van der Waals surface area contributed by atoms with Crippen LogP contribution in [0, 0.1) is 11.6 Å². The zero-order chi connectivity index (χ0) is 40.0. The number of amides is 3. The van der Waals surface area contributed by atoms with Gasteiger partial charge in [0.2, 0.25) is 0 Å². The molecule has 2 heterocycles. The summed E-state index contributed by atoms with van der Waals surface area (Å²) in [4.78, 5) is 45.3. The minimum absolute atomic E-state index is 0.00997. The number of rotatable bonds is 14. The maximum Gasteiger partial charge on any atom is 0.410 e. The average molecular weight is 774 g/mol. The third-order valence-corrected chi connectivity index (χ3v) is 15.0. The molecule has 0 aliphatic carbocycles. The van der Waals surface area contributed by atoms with E-state index in [2.05, 4.69) is 39.2 Å². The highest BCUT2D eigenvalue weighted by atomic mass is 28.4. The molecule has 2 aliphatic rings. The Morgan fingerprint density at radius 1 is 0.981 bits per heavy atom. The van der Waals surface area contributed by atoms with Crippen LogP contribution in [0.3, 0.4) is 0 Å². The topological polar surface area (TPSA) is 107 Å². The normalized spacial score (nSPS) is 20.6. The summed E-state index contributed by atoms with van der Waals surface area (Å²) in [5.74, 6) is -2.18. The third-order valence-electron chi connectivity index (χ3n) is 10.6. The molecule has 1 unspecified atom stereocenters. The van der Waals surface area contributed by atoms with Crippen LogP contribution in [-0.4, -0.2) is 105 Å². The van der Waals surface area contributed by atoms with E-state index >= 15 is 0 Å². The molecule has 300 valence electrons. The van der Waals surface area contributed by atoms with E-state index in [9.17, 15) is 23.2 Å². The van der Waals surface area contributed by atoms with Gasteiger partial charge >= 0.3 is 6.09 Å². The Morgan fingerprint density at radius 3 is 2.26 bits per heavy atom. The van der Waals surface area contributed by atoms with Crippen molar-refractivity contribution in [2.45, 2.75) is 135 Å². The van der Waals surface area contributed by atoms with Crippen LogP contribution in [0.15, 0.2) is 42.5 Å². The highest BCUT2D eigenvalue weighted by molar-refractivity contribution is 6.74. The summed E-state index contributed by atoms with van der Waals surface area (Å²) in [5.41, 5.74) is 0.133. The number of nitrogens with zero attached hydrogens (tertiary/aromatic N) is 2. The number of carbonyl (C=O) groups is 3. The van der Waals surface area contributed by atoms with Gasteiger partial charge in [-0.15, -0.1) is 0 Å². The van der Waals surface area contributed by atoms with Crippen molar-refractivity contribution in [3.63, 3.8) is 0 Å². The van der Waals surface area contributed by atoms with Crippen LogP contribution in [0.4, 0.5) is 13.6 Å². The van der Waals surface area contributed by atoms with Crippen molar-refractivity contribution in [2.75, 3.05) is 33.4 Å².